The largest absolute Gasteiger partial charge is 0.456 e. The van der Waals surface area contributed by atoms with E-state index in [2.05, 4.69) is 10.3 Å². The number of carbonyl (C=O) groups excluding carboxylic acids is 3. The van der Waals surface area contributed by atoms with Gasteiger partial charge in [-0.3, -0.25) is 23.7 Å². The van der Waals surface area contributed by atoms with Crippen molar-refractivity contribution in [2.75, 3.05) is 11.9 Å². The maximum Gasteiger partial charge on any atom is 0.308 e. The van der Waals surface area contributed by atoms with Gasteiger partial charge in [-0.1, -0.05) is 42.5 Å². The van der Waals surface area contributed by atoms with Crippen LogP contribution in [0, 0.1) is 13.8 Å². The van der Waals surface area contributed by atoms with Gasteiger partial charge in [0.2, 0.25) is 0 Å². The molecule has 0 aliphatic rings. The fourth-order valence-corrected chi connectivity index (χ4v) is 4.57. The number of carbonyl (C=O) groups is 3. The summed E-state index contributed by atoms with van der Waals surface area (Å²) >= 11 is 1.46. The summed E-state index contributed by atoms with van der Waals surface area (Å²) in [6.07, 6.45) is 1.33. The van der Waals surface area contributed by atoms with E-state index in [1.165, 1.54) is 22.2 Å². The van der Waals surface area contributed by atoms with Crippen LogP contribution in [-0.2, 0) is 20.9 Å². The van der Waals surface area contributed by atoms with Crippen LogP contribution in [0.1, 0.15) is 32.8 Å². The highest BCUT2D eigenvalue weighted by Crippen LogP contribution is 2.25. The highest BCUT2D eigenvalue weighted by molar-refractivity contribution is 7.18. The fraction of sp³-hybridized carbons (Fsp3) is 0.192. The minimum atomic E-state index is -0.626. The van der Waals surface area contributed by atoms with E-state index in [0.717, 1.165) is 10.4 Å². The summed E-state index contributed by atoms with van der Waals surface area (Å²) in [5.41, 5.74) is 1.84. The molecular formula is C26H23N3O5S. The Morgan fingerprint density at radius 3 is 2.51 bits per heavy atom. The molecule has 0 radical (unpaired) electrons. The molecule has 0 fully saturated rings. The summed E-state index contributed by atoms with van der Waals surface area (Å²) < 4.78 is 6.44. The van der Waals surface area contributed by atoms with Crippen LogP contribution in [0.3, 0.4) is 0 Å². The normalized spacial score (nSPS) is 10.8. The standard InChI is InChI=1S/C26H23N3O5S/c1-16-17(2)35-25-23(16)26(33)29(15-27-25)13-12-22(31)34-14-21(30)28-20-11-7-6-10-19(20)24(32)18-8-4-3-5-9-18/h3-11,15H,12-14H2,1-2H3,(H,28,30). The number of ether oxygens (including phenoxy) is 1. The number of nitrogens with zero attached hydrogens (tertiary/aromatic N) is 2. The van der Waals surface area contributed by atoms with Crippen molar-refractivity contribution in [1.29, 1.82) is 0 Å². The zero-order valence-corrected chi connectivity index (χ0v) is 20.1. The van der Waals surface area contributed by atoms with E-state index in [0.29, 0.717) is 27.0 Å². The molecule has 0 unspecified atom stereocenters. The Morgan fingerprint density at radius 1 is 1.03 bits per heavy atom. The second-order valence-corrected chi connectivity index (χ2v) is 9.11. The van der Waals surface area contributed by atoms with E-state index >= 15 is 0 Å². The number of hydrogen-bond donors (Lipinski definition) is 1. The summed E-state index contributed by atoms with van der Waals surface area (Å²) in [6, 6.07) is 15.4. The van der Waals surface area contributed by atoms with Gasteiger partial charge in [-0.05, 0) is 31.5 Å². The van der Waals surface area contributed by atoms with Crippen LogP contribution >= 0.6 is 11.3 Å². The van der Waals surface area contributed by atoms with Crippen LogP contribution in [-0.4, -0.2) is 33.8 Å². The van der Waals surface area contributed by atoms with Crippen molar-refractivity contribution in [2.45, 2.75) is 26.8 Å². The zero-order valence-electron chi connectivity index (χ0n) is 19.2. The molecule has 8 nitrogen and oxygen atoms in total. The Labute approximate surface area is 205 Å². The van der Waals surface area contributed by atoms with Crippen LogP contribution in [0.25, 0.3) is 10.2 Å². The van der Waals surface area contributed by atoms with Crippen LogP contribution in [0.15, 0.2) is 65.7 Å². The first-order valence-corrected chi connectivity index (χ1v) is 11.8. The molecule has 4 rings (SSSR count). The Kier molecular flexibility index (Phi) is 7.17. The molecule has 0 saturated carbocycles. The van der Waals surface area contributed by atoms with Crippen molar-refractivity contribution in [2.24, 2.45) is 0 Å². The highest BCUT2D eigenvalue weighted by Gasteiger charge is 2.16. The number of benzene rings is 2. The van der Waals surface area contributed by atoms with Gasteiger partial charge in [0.1, 0.15) is 4.83 Å². The number of hydrogen-bond acceptors (Lipinski definition) is 7. The number of thiophene rings is 1. The molecule has 0 aliphatic carbocycles. The van der Waals surface area contributed by atoms with Crippen LogP contribution in [0.4, 0.5) is 5.69 Å². The summed E-state index contributed by atoms with van der Waals surface area (Å²) in [7, 11) is 0. The Hall–Kier alpha value is -4.11. The van der Waals surface area contributed by atoms with Crippen molar-refractivity contribution in [3.05, 3.63) is 92.8 Å². The molecule has 4 aromatic rings. The van der Waals surface area contributed by atoms with E-state index in [4.69, 9.17) is 4.74 Å². The minimum Gasteiger partial charge on any atom is -0.456 e. The third-order valence-corrected chi connectivity index (χ3v) is 6.67. The molecule has 2 aromatic carbocycles. The molecule has 9 heteroatoms. The quantitative estimate of drug-likeness (QED) is 0.297. The van der Waals surface area contributed by atoms with Crippen LogP contribution in [0.5, 0.6) is 0 Å². The lowest BCUT2D eigenvalue weighted by atomic mass is 10.0. The Balaban J connectivity index is 1.34. The van der Waals surface area contributed by atoms with E-state index in [-0.39, 0.29) is 24.3 Å². The van der Waals surface area contributed by atoms with Gasteiger partial charge >= 0.3 is 5.97 Å². The predicted octanol–water partition coefficient (Wildman–Crippen LogP) is 3.88. The van der Waals surface area contributed by atoms with Crippen molar-refractivity contribution < 1.29 is 19.1 Å². The number of rotatable bonds is 8. The number of anilines is 1. The first kappa shape index (κ1) is 24.0. The molecule has 2 heterocycles. The third-order valence-electron chi connectivity index (χ3n) is 5.56. The number of amides is 1. The van der Waals surface area contributed by atoms with Gasteiger partial charge < -0.3 is 10.1 Å². The lowest BCUT2D eigenvalue weighted by molar-refractivity contribution is -0.147. The summed E-state index contributed by atoms with van der Waals surface area (Å²) in [6.45, 7) is 3.39. The number of nitrogens with one attached hydrogen (secondary N) is 1. The van der Waals surface area contributed by atoms with Crippen LogP contribution < -0.4 is 10.9 Å². The number of fused-ring (bicyclic) bond motifs is 1. The van der Waals surface area contributed by atoms with Gasteiger partial charge in [-0.2, -0.15) is 0 Å². The molecule has 178 valence electrons. The molecule has 35 heavy (non-hydrogen) atoms. The Morgan fingerprint density at radius 2 is 1.74 bits per heavy atom. The molecule has 1 amide bonds. The van der Waals surface area contributed by atoms with Gasteiger partial charge in [-0.25, -0.2) is 4.98 Å². The third kappa shape index (κ3) is 5.36. The second-order valence-electron chi connectivity index (χ2n) is 7.91. The number of aromatic nitrogens is 2. The highest BCUT2D eigenvalue weighted by atomic mass is 32.1. The molecular weight excluding hydrogens is 466 g/mol. The number of ketones is 1. The summed E-state index contributed by atoms with van der Waals surface area (Å²) in [5, 5.41) is 3.19. The molecule has 0 aliphatic heterocycles. The predicted molar refractivity (Wildman–Crippen MR) is 134 cm³/mol. The van der Waals surface area contributed by atoms with Crippen molar-refractivity contribution in [1.82, 2.24) is 9.55 Å². The van der Waals surface area contributed by atoms with Gasteiger partial charge in [0, 0.05) is 22.5 Å². The van der Waals surface area contributed by atoms with E-state index in [1.54, 1.807) is 48.5 Å². The van der Waals surface area contributed by atoms with Gasteiger partial charge in [-0.15, -0.1) is 11.3 Å². The first-order chi connectivity index (χ1) is 16.8. The lowest BCUT2D eigenvalue weighted by Crippen LogP contribution is -2.25. The van der Waals surface area contributed by atoms with Gasteiger partial charge in [0.05, 0.1) is 23.8 Å². The minimum absolute atomic E-state index is 0.0883. The number of para-hydroxylation sites is 1. The number of esters is 1. The number of aryl methyl sites for hydroxylation is 3. The van der Waals surface area contributed by atoms with Gasteiger partial charge in [0.15, 0.2) is 12.4 Å². The molecule has 0 bridgehead atoms. The van der Waals surface area contributed by atoms with E-state index < -0.39 is 18.5 Å². The van der Waals surface area contributed by atoms with Crippen molar-refractivity contribution in [3.63, 3.8) is 0 Å². The summed E-state index contributed by atoms with van der Waals surface area (Å²) in [4.78, 5) is 56.1. The van der Waals surface area contributed by atoms with Crippen molar-refractivity contribution in [3.8, 4) is 0 Å². The first-order valence-electron chi connectivity index (χ1n) is 10.9. The summed E-state index contributed by atoms with van der Waals surface area (Å²) in [5.74, 6) is -1.43. The topological polar surface area (TPSA) is 107 Å². The Bertz CT molecular complexity index is 1470. The molecule has 0 spiro atoms. The molecule has 1 N–H and O–H groups in total. The van der Waals surface area contributed by atoms with E-state index in [9.17, 15) is 19.2 Å². The average Bonchev–Trinajstić information content (AvgIpc) is 3.16. The molecule has 0 saturated heterocycles. The lowest BCUT2D eigenvalue weighted by Gasteiger charge is -2.11. The fourth-order valence-electron chi connectivity index (χ4n) is 3.58. The maximum atomic E-state index is 12.8. The van der Waals surface area contributed by atoms with Crippen molar-refractivity contribution >= 4 is 44.9 Å². The molecule has 0 atom stereocenters. The zero-order chi connectivity index (χ0) is 24.9. The molecule has 2 aromatic heterocycles. The second kappa shape index (κ2) is 10.4. The van der Waals surface area contributed by atoms with Crippen LogP contribution in [0.2, 0.25) is 0 Å². The van der Waals surface area contributed by atoms with E-state index in [1.807, 2.05) is 19.9 Å². The SMILES string of the molecule is Cc1sc2ncn(CCC(=O)OCC(=O)Nc3ccccc3C(=O)c3ccccc3)c(=O)c2c1C. The maximum absolute atomic E-state index is 12.8. The smallest absolute Gasteiger partial charge is 0.308 e. The average molecular weight is 490 g/mol. The monoisotopic (exact) mass is 489 g/mol. The van der Waals surface area contributed by atoms with Gasteiger partial charge in [0.25, 0.3) is 11.5 Å².